The Bertz CT molecular complexity index is 868. The summed E-state index contributed by atoms with van der Waals surface area (Å²) in [7, 11) is 1.62. The Kier molecular flexibility index (Phi) is 4.61. The van der Waals surface area contributed by atoms with E-state index in [9.17, 15) is 4.79 Å². The number of ether oxygens (including phenoxy) is 1. The molecule has 3 aromatic rings. The van der Waals surface area contributed by atoms with Gasteiger partial charge in [0.05, 0.1) is 12.8 Å². The van der Waals surface area contributed by atoms with Crippen molar-refractivity contribution in [1.29, 1.82) is 0 Å². The number of rotatable bonds is 5. The minimum Gasteiger partial charge on any atom is -0.497 e. The van der Waals surface area contributed by atoms with Gasteiger partial charge in [0.15, 0.2) is 0 Å². The lowest BCUT2D eigenvalue weighted by atomic mass is 10.1. The molecular formula is C19H19N3O2. The number of nitrogens with one attached hydrogen (secondary N) is 2. The maximum Gasteiger partial charge on any atom is 0.252 e. The molecule has 0 aliphatic carbocycles. The van der Waals surface area contributed by atoms with E-state index in [1.165, 1.54) is 11.6 Å². The second-order valence-corrected chi connectivity index (χ2v) is 5.55. The maximum atomic E-state index is 11.9. The summed E-state index contributed by atoms with van der Waals surface area (Å²) in [6.45, 7) is 2.64. The summed E-state index contributed by atoms with van der Waals surface area (Å²) >= 11 is 0. The lowest BCUT2D eigenvalue weighted by molar-refractivity contribution is 0.415. The van der Waals surface area contributed by atoms with Crippen molar-refractivity contribution >= 4 is 5.95 Å². The highest BCUT2D eigenvalue weighted by Crippen LogP contribution is 2.20. The first-order chi connectivity index (χ1) is 11.6. The van der Waals surface area contributed by atoms with Gasteiger partial charge in [0.2, 0.25) is 5.95 Å². The molecule has 0 amide bonds. The summed E-state index contributed by atoms with van der Waals surface area (Å²) in [5, 5.41) is 3.16. The van der Waals surface area contributed by atoms with Crippen LogP contribution in [0.5, 0.6) is 5.75 Å². The van der Waals surface area contributed by atoms with Gasteiger partial charge in [0.1, 0.15) is 5.75 Å². The van der Waals surface area contributed by atoms with Crippen molar-refractivity contribution in [1.82, 2.24) is 9.97 Å². The molecule has 1 aromatic heterocycles. The molecular weight excluding hydrogens is 302 g/mol. The predicted molar refractivity (Wildman–Crippen MR) is 95.4 cm³/mol. The first kappa shape index (κ1) is 15.8. The van der Waals surface area contributed by atoms with Crippen LogP contribution in [0.2, 0.25) is 0 Å². The Morgan fingerprint density at radius 2 is 1.79 bits per heavy atom. The molecule has 2 N–H and O–H groups in total. The zero-order valence-electron chi connectivity index (χ0n) is 13.7. The molecule has 0 aliphatic heterocycles. The van der Waals surface area contributed by atoms with E-state index in [0.29, 0.717) is 18.2 Å². The van der Waals surface area contributed by atoms with Crippen molar-refractivity contribution in [3.8, 4) is 17.0 Å². The molecule has 0 saturated carbocycles. The second-order valence-electron chi connectivity index (χ2n) is 5.55. The number of anilines is 1. The summed E-state index contributed by atoms with van der Waals surface area (Å²) in [4.78, 5) is 19.1. The number of methoxy groups -OCH3 is 1. The van der Waals surface area contributed by atoms with E-state index in [1.54, 1.807) is 7.11 Å². The molecule has 3 rings (SSSR count). The molecule has 0 bridgehead atoms. The highest BCUT2D eigenvalue weighted by atomic mass is 16.5. The monoisotopic (exact) mass is 321 g/mol. The van der Waals surface area contributed by atoms with E-state index >= 15 is 0 Å². The Hall–Kier alpha value is -3.08. The topological polar surface area (TPSA) is 67.0 Å². The van der Waals surface area contributed by atoms with Crippen LogP contribution in [0.15, 0.2) is 59.4 Å². The zero-order chi connectivity index (χ0) is 16.9. The van der Waals surface area contributed by atoms with Crippen molar-refractivity contribution in [2.24, 2.45) is 0 Å². The molecule has 5 heteroatoms. The lowest BCUT2D eigenvalue weighted by Crippen LogP contribution is -2.12. The molecule has 0 fully saturated rings. The number of hydrogen-bond acceptors (Lipinski definition) is 4. The van der Waals surface area contributed by atoms with Gasteiger partial charge in [0.25, 0.3) is 5.56 Å². The van der Waals surface area contributed by atoms with Gasteiger partial charge in [-0.3, -0.25) is 9.78 Å². The van der Waals surface area contributed by atoms with Gasteiger partial charge in [-0.25, -0.2) is 4.98 Å². The molecule has 0 radical (unpaired) electrons. The number of hydrogen-bond donors (Lipinski definition) is 2. The van der Waals surface area contributed by atoms with E-state index in [0.717, 1.165) is 16.9 Å². The minimum absolute atomic E-state index is 0.192. The Labute approximate surface area is 140 Å². The van der Waals surface area contributed by atoms with Crippen LogP contribution < -0.4 is 15.6 Å². The van der Waals surface area contributed by atoms with Crippen molar-refractivity contribution < 1.29 is 4.74 Å². The summed E-state index contributed by atoms with van der Waals surface area (Å²) in [5.41, 5.74) is 3.63. The normalized spacial score (nSPS) is 10.4. The smallest absolute Gasteiger partial charge is 0.252 e. The molecule has 2 aromatic carbocycles. The number of aromatic nitrogens is 2. The highest BCUT2D eigenvalue weighted by molar-refractivity contribution is 5.60. The highest BCUT2D eigenvalue weighted by Gasteiger charge is 2.05. The van der Waals surface area contributed by atoms with Crippen LogP contribution in [-0.2, 0) is 6.54 Å². The van der Waals surface area contributed by atoms with Crippen LogP contribution in [0.25, 0.3) is 11.3 Å². The largest absolute Gasteiger partial charge is 0.497 e. The fourth-order valence-electron chi connectivity index (χ4n) is 2.34. The fraction of sp³-hybridized carbons (Fsp3) is 0.158. The van der Waals surface area contributed by atoms with Crippen LogP contribution in [0.4, 0.5) is 5.95 Å². The quantitative estimate of drug-likeness (QED) is 0.756. The molecule has 0 spiro atoms. The zero-order valence-corrected chi connectivity index (χ0v) is 13.7. The van der Waals surface area contributed by atoms with Crippen LogP contribution in [-0.4, -0.2) is 17.1 Å². The molecule has 122 valence electrons. The van der Waals surface area contributed by atoms with Crippen LogP contribution in [0.1, 0.15) is 11.1 Å². The summed E-state index contributed by atoms with van der Waals surface area (Å²) in [6.07, 6.45) is 0. The second kappa shape index (κ2) is 7.00. The number of nitrogens with zero attached hydrogens (tertiary/aromatic N) is 1. The molecule has 0 unspecified atom stereocenters. The van der Waals surface area contributed by atoms with E-state index in [1.807, 2.05) is 36.4 Å². The molecule has 0 atom stereocenters. The number of benzene rings is 2. The first-order valence-electron chi connectivity index (χ1n) is 7.69. The Morgan fingerprint density at radius 1 is 1.08 bits per heavy atom. The third-order valence-corrected chi connectivity index (χ3v) is 3.71. The fourth-order valence-corrected chi connectivity index (χ4v) is 2.34. The van der Waals surface area contributed by atoms with E-state index in [2.05, 4.69) is 34.3 Å². The third kappa shape index (κ3) is 3.81. The standard InChI is InChI=1S/C19H19N3O2/c1-13-3-5-14(6-4-13)12-20-19-21-17(11-18(23)22-19)15-7-9-16(24-2)10-8-15/h3-11H,12H2,1-2H3,(H2,20,21,22,23). The summed E-state index contributed by atoms with van der Waals surface area (Å²) in [6, 6.07) is 17.1. The van der Waals surface area contributed by atoms with E-state index in [-0.39, 0.29) is 5.56 Å². The predicted octanol–water partition coefficient (Wildman–Crippen LogP) is 3.37. The van der Waals surface area contributed by atoms with Gasteiger partial charge in [-0.1, -0.05) is 29.8 Å². The third-order valence-electron chi connectivity index (χ3n) is 3.71. The van der Waals surface area contributed by atoms with Crippen molar-refractivity contribution in [2.45, 2.75) is 13.5 Å². The average Bonchev–Trinajstić information content (AvgIpc) is 2.61. The first-order valence-corrected chi connectivity index (χ1v) is 7.69. The van der Waals surface area contributed by atoms with Gasteiger partial charge < -0.3 is 10.1 Å². The number of aromatic amines is 1. The van der Waals surface area contributed by atoms with Gasteiger partial charge >= 0.3 is 0 Å². The number of aryl methyl sites for hydroxylation is 1. The van der Waals surface area contributed by atoms with Crippen molar-refractivity contribution in [3.63, 3.8) is 0 Å². The average molecular weight is 321 g/mol. The van der Waals surface area contributed by atoms with E-state index < -0.39 is 0 Å². The molecule has 24 heavy (non-hydrogen) atoms. The summed E-state index contributed by atoms with van der Waals surface area (Å²) < 4.78 is 5.15. The summed E-state index contributed by atoms with van der Waals surface area (Å²) in [5.74, 6) is 1.22. The Morgan fingerprint density at radius 3 is 2.46 bits per heavy atom. The van der Waals surface area contributed by atoms with E-state index in [4.69, 9.17) is 4.74 Å². The van der Waals surface area contributed by atoms with Gasteiger partial charge in [-0.15, -0.1) is 0 Å². The van der Waals surface area contributed by atoms with Crippen LogP contribution >= 0.6 is 0 Å². The molecule has 1 heterocycles. The lowest BCUT2D eigenvalue weighted by Gasteiger charge is -2.08. The number of H-pyrrole nitrogens is 1. The van der Waals surface area contributed by atoms with Crippen molar-refractivity contribution in [3.05, 3.63) is 76.1 Å². The van der Waals surface area contributed by atoms with Gasteiger partial charge in [0, 0.05) is 18.2 Å². The van der Waals surface area contributed by atoms with Gasteiger partial charge in [-0.2, -0.15) is 0 Å². The van der Waals surface area contributed by atoms with Crippen LogP contribution in [0.3, 0.4) is 0 Å². The maximum absolute atomic E-state index is 11.9. The molecule has 0 aliphatic rings. The Balaban J connectivity index is 1.80. The SMILES string of the molecule is COc1ccc(-c2cc(=O)[nH]c(NCc3ccc(C)cc3)n2)cc1. The van der Waals surface area contributed by atoms with Crippen LogP contribution in [0, 0.1) is 6.92 Å². The van der Waals surface area contributed by atoms with Gasteiger partial charge in [-0.05, 0) is 36.8 Å². The molecule has 0 saturated heterocycles. The molecule has 5 nitrogen and oxygen atoms in total. The van der Waals surface area contributed by atoms with Crippen molar-refractivity contribution in [2.75, 3.05) is 12.4 Å². The minimum atomic E-state index is -0.192.